The molecule has 0 spiro atoms. The lowest BCUT2D eigenvalue weighted by atomic mass is 10.1. The molecule has 2 rings (SSSR count). The van der Waals surface area contributed by atoms with Gasteiger partial charge in [0, 0.05) is 23.4 Å². The van der Waals surface area contributed by atoms with Gasteiger partial charge >= 0.3 is 0 Å². The van der Waals surface area contributed by atoms with E-state index in [1.54, 1.807) is 23.1 Å². The smallest absolute Gasteiger partial charge is 0.149 e. The van der Waals surface area contributed by atoms with E-state index in [1.807, 2.05) is 25.5 Å². The number of anilines is 2. The molecule has 2 heterocycles. The van der Waals surface area contributed by atoms with E-state index in [0.717, 1.165) is 21.3 Å². The molecule has 2 aromatic rings. The van der Waals surface area contributed by atoms with Gasteiger partial charge in [0.15, 0.2) is 0 Å². The molecule has 110 valence electrons. The van der Waals surface area contributed by atoms with E-state index in [0.29, 0.717) is 18.1 Å². The Morgan fingerprint density at radius 3 is 2.90 bits per heavy atom. The summed E-state index contributed by atoms with van der Waals surface area (Å²) in [7, 11) is 0. The van der Waals surface area contributed by atoms with Crippen molar-refractivity contribution in [2.75, 3.05) is 29.6 Å². The standard InChI is InChI=1S/C12H18N4OS3/c1-7-4-19-11(15-7)8-9(13)16-20-10(8)14-5-12(2,17)6-18-3/h4,14,17H,5-6H2,1-3H3,(H2,13,16). The first-order valence-corrected chi connectivity index (χ1v) is 9.10. The number of hydrogen-bond acceptors (Lipinski definition) is 8. The minimum atomic E-state index is -0.770. The molecule has 0 aliphatic rings. The van der Waals surface area contributed by atoms with E-state index in [2.05, 4.69) is 14.7 Å². The van der Waals surface area contributed by atoms with Crippen LogP contribution < -0.4 is 11.1 Å². The quantitative estimate of drug-likeness (QED) is 0.755. The van der Waals surface area contributed by atoms with Crippen LogP contribution in [0.4, 0.5) is 10.8 Å². The molecular weight excluding hydrogens is 312 g/mol. The Balaban J connectivity index is 2.18. The van der Waals surface area contributed by atoms with Gasteiger partial charge in [-0.3, -0.25) is 0 Å². The predicted molar refractivity (Wildman–Crippen MR) is 89.9 cm³/mol. The van der Waals surface area contributed by atoms with Gasteiger partial charge in [0.2, 0.25) is 0 Å². The number of thiazole rings is 1. The first-order valence-electron chi connectivity index (χ1n) is 6.06. The van der Waals surface area contributed by atoms with Gasteiger partial charge in [-0.1, -0.05) is 0 Å². The number of nitrogen functional groups attached to an aromatic ring is 1. The summed E-state index contributed by atoms with van der Waals surface area (Å²) in [6.45, 7) is 4.22. The molecule has 5 nitrogen and oxygen atoms in total. The number of aromatic nitrogens is 2. The summed E-state index contributed by atoms with van der Waals surface area (Å²) in [6, 6.07) is 0. The van der Waals surface area contributed by atoms with Crippen LogP contribution in [0.2, 0.25) is 0 Å². The largest absolute Gasteiger partial charge is 0.387 e. The third kappa shape index (κ3) is 3.63. The Hall–Kier alpha value is -0.830. The van der Waals surface area contributed by atoms with E-state index in [1.165, 1.54) is 11.5 Å². The topological polar surface area (TPSA) is 84.1 Å². The van der Waals surface area contributed by atoms with Crippen LogP contribution >= 0.6 is 34.6 Å². The van der Waals surface area contributed by atoms with Crippen LogP contribution in [0, 0.1) is 6.92 Å². The van der Waals surface area contributed by atoms with E-state index in [4.69, 9.17) is 5.73 Å². The summed E-state index contributed by atoms with van der Waals surface area (Å²) >= 11 is 4.47. The molecule has 0 saturated heterocycles. The van der Waals surface area contributed by atoms with Gasteiger partial charge in [0.25, 0.3) is 0 Å². The molecule has 0 saturated carbocycles. The molecule has 0 fully saturated rings. The molecule has 0 aromatic carbocycles. The highest BCUT2D eigenvalue weighted by Crippen LogP contribution is 2.38. The zero-order chi connectivity index (χ0) is 14.8. The Morgan fingerprint density at radius 2 is 2.30 bits per heavy atom. The van der Waals surface area contributed by atoms with Crippen LogP contribution in [0.15, 0.2) is 5.38 Å². The van der Waals surface area contributed by atoms with Gasteiger partial charge < -0.3 is 16.2 Å². The van der Waals surface area contributed by atoms with Crippen molar-refractivity contribution >= 4 is 45.5 Å². The molecule has 0 radical (unpaired) electrons. The molecular formula is C12H18N4OS3. The van der Waals surface area contributed by atoms with Crippen molar-refractivity contribution in [3.05, 3.63) is 11.1 Å². The van der Waals surface area contributed by atoms with E-state index >= 15 is 0 Å². The number of thioether (sulfide) groups is 1. The molecule has 0 amide bonds. The Morgan fingerprint density at radius 1 is 1.55 bits per heavy atom. The second kappa shape index (κ2) is 6.30. The fourth-order valence-corrected chi connectivity index (χ4v) is 4.09. The lowest BCUT2D eigenvalue weighted by molar-refractivity contribution is 0.0998. The number of nitrogens with one attached hydrogen (secondary N) is 1. The summed E-state index contributed by atoms with van der Waals surface area (Å²) in [5, 5.41) is 17.2. The minimum absolute atomic E-state index is 0.451. The SMILES string of the molecule is CSCC(C)(O)CNc1snc(N)c1-c1nc(C)cs1. The number of nitrogens with two attached hydrogens (primary N) is 1. The summed E-state index contributed by atoms with van der Waals surface area (Å²) in [4.78, 5) is 4.45. The molecule has 1 atom stereocenters. The maximum atomic E-state index is 10.2. The molecule has 2 aromatic heterocycles. The molecule has 0 aliphatic carbocycles. The van der Waals surface area contributed by atoms with Crippen LogP contribution in [0.3, 0.4) is 0 Å². The van der Waals surface area contributed by atoms with E-state index in [-0.39, 0.29) is 0 Å². The van der Waals surface area contributed by atoms with Crippen molar-refractivity contribution in [3.63, 3.8) is 0 Å². The molecule has 4 N–H and O–H groups in total. The molecule has 1 unspecified atom stereocenters. The van der Waals surface area contributed by atoms with E-state index in [9.17, 15) is 5.11 Å². The van der Waals surface area contributed by atoms with Crippen LogP contribution in [0.1, 0.15) is 12.6 Å². The Bertz CT molecular complexity index is 579. The van der Waals surface area contributed by atoms with Crippen LogP contribution in [-0.4, -0.2) is 38.6 Å². The zero-order valence-corrected chi connectivity index (χ0v) is 14.1. The van der Waals surface area contributed by atoms with Gasteiger partial charge in [0.1, 0.15) is 15.8 Å². The highest BCUT2D eigenvalue weighted by atomic mass is 32.2. The Labute approximate surface area is 130 Å². The molecule has 0 aliphatic heterocycles. The molecule has 0 bridgehead atoms. The summed E-state index contributed by atoms with van der Waals surface area (Å²) in [5.41, 5.74) is 6.98. The number of hydrogen-bond donors (Lipinski definition) is 3. The monoisotopic (exact) mass is 330 g/mol. The van der Waals surface area contributed by atoms with Crippen molar-refractivity contribution in [3.8, 4) is 10.6 Å². The number of rotatable bonds is 6. The van der Waals surface area contributed by atoms with Gasteiger partial charge in [-0.2, -0.15) is 16.1 Å². The van der Waals surface area contributed by atoms with Crippen molar-refractivity contribution in [1.29, 1.82) is 0 Å². The summed E-state index contributed by atoms with van der Waals surface area (Å²) in [6.07, 6.45) is 1.98. The number of aryl methyl sites for hydroxylation is 1. The normalized spacial score (nSPS) is 14.2. The molecule has 20 heavy (non-hydrogen) atoms. The van der Waals surface area contributed by atoms with Crippen molar-refractivity contribution < 1.29 is 5.11 Å². The third-order valence-corrected chi connectivity index (χ3v) is 5.34. The fraction of sp³-hybridized carbons (Fsp3) is 0.500. The fourth-order valence-electron chi connectivity index (χ4n) is 1.73. The number of aliphatic hydroxyl groups is 1. The maximum absolute atomic E-state index is 10.2. The molecule has 8 heteroatoms. The highest BCUT2D eigenvalue weighted by Gasteiger charge is 2.22. The van der Waals surface area contributed by atoms with Crippen molar-refractivity contribution in [2.45, 2.75) is 19.4 Å². The lowest BCUT2D eigenvalue weighted by Gasteiger charge is -2.22. The highest BCUT2D eigenvalue weighted by molar-refractivity contribution is 7.98. The second-order valence-electron chi connectivity index (χ2n) is 4.85. The van der Waals surface area contributed by atoms with Gasteiger partial charge in [-0.05, 0) is 31.6 Å². The van der Waals surface area contributed by atoms with Crippen molar-refractivity contribution in [1.82, 2.24) is 9.36 Å². The number of nitrogens with zero attached hydrogens (tertiary/aromatic N) is 2. The average Bonchev–Trinajstić information content (AvgIpc) is 2.93. The first-order chi connectivity index (χ1) is 9.43. The lowest BCUT2D eigenvalue weighted by Crippen LogP contribution is -2.35. The first kappa shape index (κ1) is 15.6. The van der Waals surface area contributed by atoms with Gasteiger partial charge in [-0.25, -0.2) is 4.98 Å². The van der Waals surface area contributed by atoms with Crippen LogP contribution in [0.5, 0.6) is 0 Å². The van der Waals surface area contributed by atoms with Gasteiger partial charge in [0.05, 0.1) is 11.2 Å². The summed E-state index contributed by atoms with van der Waals surface area (Å²) in [5.74, 6) is 1.15. The van der Waals surface area contributed by atoms with E-state index < -0.39 is 5.60 Å². The predicted octanol–water partition coefficient (Wildman–Crippen LogP) is 2.68. The summed E-state index contributed by atoms with van der Waals surface area (Å²) < 4.78 is 4.19. The zero-order valence-electron chi connectivity index (χ0n) is 11.6. The minimum Gasteiger partial charge on any atom is -0.387 e. The van der Waals surface area contributed by atoms with Crippen molar-refractivity contribution in [2.24, 2.45) is 0 Å². The Kier molecular flexibility index (Phi) is 4.90. The third-order valence-electron chi connectivity index (χ3n) is 2.64. The van der Waals surface area contributed by atoms with Gasteiger partial charge in [-0.15, -0.1) is 11.3 Å². The van der Waals surface area contributed by atoms with Crippen LogP contribution in [0.25, 0.3) is 10.6 Å². The maximum Gasteiger partial charge on any atom is 0.149 e. The second-order valence-corrected chi connectivity index (χ2v) is 7.35. The van der Waals surface area contributed by atoms with Crippen LogP contribution in [-0.2, 0) is 0 Å². The average molecular weight is 331 g/mol.